The molecule has 0 bridgehead atoms. The predicted octanol–water partition coefficient (Wildman–Crippen LogP) is 2.10. The summed E-state index contributed by atoms with van der Waals surface area (Å²) in [6.45, 7) is 1.47. The lowest BCUT2D eigenvalue weighted by Gasteiger charge is -2.26. The highest BCUT2D eigenvalue weighted by Crippen LogP contribution is 2.43. The first-order chi connectivity index (χ1) is 9.60. The molecule has 1 aliphatic heterocycles. The van der Waals surface area contributed by atoms with Crippen LogP contribution in [-0.4, -0.2) is 36.2 Å². The van der Waals surface area contributed by atoms with Crippen molar-refractivity contribution in [2.24, 2.45) is 5.41 Å². The Hall–Kier alpha value is -1.10. The molecule has 2 aliphatic rings. The third kappa shape index (κ3) is 4.47. The average Bonchev–Trinajstić information content (AvgIpc) is 3.00. The highest BCUT2D eigenvalue weighted by atomic mass is 16.5. The number of carboxylic acids is 1. The van der Waals surface area contributed by atoms with Crippen LogP contribution in [-0.2, 0) is 14.3 Å². The van der Waals surface area contributed by atoms with Gasteiger partial charge in [0.1, 0.15) is 0 Å². The Morgan fingerprint density at radius 1 is 1.20 bits per heavy atom. The van der Waals surface area contributed by atoms with E-state index in [-0.39, 0.29) is 23.8 Å². The number of nitrogens with one attached hydrogen (secondary N) is 1. The molecule has 1 saturated heterocycles. The summed E-state index contributed by atoms with van der Waals surface area (Å²) in [5, 5.41) is 11.9. The molecular formula is C15H25NO4. The van der Waals surface area contributed by atoms with E-state index in [1.807, 2.05) is 0 Å². The molecule has 1 aliphatic carbocycles. The highest BCUT2D eigenvalue weighted by molar-refractivity contribution is 5.78. The van der Waals surface area contributed by atoms with Gasteiger partial charge in [0.25, 0.3) is 0 Å². The molecular weight excluding hydrogens is 258 g/mol. The van der Waals surface area contributed by atoms with E-state index < -0.39 is 5.97 Å². The fourth-order valence-electron chi connectivity index (χ4n) is 3.51. The molecule has 1 amide bonds. The van der Waals surface area contributed by atoms with Gasteiger partial charge in [0.2, 0.25) is 5.91 Å². The standard InChI is InChI=1S/C15H25NO4/c17-13(16-8-5-12-4-3-9-20-12)10-15(11-14(18)19)6-1-2-7-15/h12H,1-11H2,(H,16,17)(H,18,19). The van der Waals surface area contributed by atoms with Crippen molar-refractivity contribution in [3.63, 3.8) is 0 Å². The van der Waals surface area contributed by atoms with Crippen LogP contribution in [0, 0.1) is 5.41 Å². The van der Waals surface area contributed by atoms with E-state index in [0.29, 0.717) is 13.0 Å². The Labute approximate surface area is 120 Å². The van der Waals surface area contributed by atoms with Crippen molar-refractivity contribution in [2.45, 2.75) is 63.9 Å². The molecule has 0 aromatic carbocycles. The minimum atomic E-state index is -0.793. The quantitative estimate of drug-likeness (QED) is 0.750. The van der Waals surface area contributed by atoms with Gasteiger partial charge in [-0.05, 0) is 37.5 Å². The molecule has 20 heavy (non-hydrogen) atoms. The van der Waals surface area contributed by atoms with Crippen molar-refractivity contribution in [2.75, 3.05) is 13.2 Å². The number of amides is 1. The molecule has 2 N–H and O–H groups in total. The minimum absolute atomic E-state index is 0.00820. The van der Waals surface area contributed by atoms with E-state index in [2.05, 4.69) is 5.32 Å². The van der Waals surface area contributed by atoms with Crippen LogP contribution >= 0.6 is 0 Å². The Bertz CT molecular complexity index is 344. The number of carbonyl (C=O) groups is 2. The Kier molecular flexibility index (Phi) is 5.40. The first-order valence-electron chi connectivity index (χ1n) is 7.70. The number of carbonyl (C=O) groups excluding carboxylic acids is 1. The molecule has 0 aromatic heterocycles. The molecule has 0 radical (unpaired) electrons. The molecule has 1 saturated carbocycles. The van der Waals surface area contributed by atoms with Gasteiger partial charge < -0.3 is 15.2 Å². The van der Waals surface area contributed by atoms with Crippen molar-refractivity contribution in [3.05, 3.63) is 0 Å². The SMILES string of the molecule is O=C(O)CC1(CC(=O)NCCC2CCCO2)CCCC1. The third-order valence-corrected chi connectivity index (χ3v) is 4.54. The van der Waals surface area contributed by atoms with Gasteiger partial charge in [-0.1, -0.05) is 12.8 Å². The Morgan fingerprint density at radius 3 is 2.55 bits per heavy atom. The van der Waals surface area contributed by atoms with Crippen molar-refractivity contribution in [1.82, 2.24) is 5.32 Å². The van der Waals surface area contributed by atoms with Gasteiger partial charge in [0.15, 0.2) is 0 Å². The largest absolute Gasteiger partial charge is 0.481 e. The van der Waals surface area contributed by atoms with E-state index in [0.717, 1.165) is 51.6 Å². The van der Waals surface area contributed by atoms with Gasteiger partial charge in [-0.25, -0.2) is 0 Å². The van der Waals surface area contributed by atoms with E-state index in [1.165, 1.54) is 0 Å². The lowest BCUT2D eigenvalue weighted by Crippen LogP contribution is -2.33. The summed E-state index contributed by atoms with van der Waals surface area (Å²) in [5.41, 5.74) is -0.306. The summed E-state index contributed by atoms with van der Waals surface area (Å²) in [6, 6.07) is 0. The van der Waals surface area contributed by atoms with Crippen LogP contribution in [0.5, 0.6) is 0 Å². The van der Waals surface area contributed by atoms with Gasteiger partial charge in [-0.3, -0.25) is 9.59 Å². The molecule has 5 heteroatoms. The maximum Gasteiger partial charge on any atom is 0.303 e. The monoisotopic (exact) mass is 283 g/mol. The third-order valence-electron chi connectivity index (χ3n) is 4.54. The zero-order valence-corrected chi connectivity index (χ0v) is 12.0. The fourth-order valence-corrected chi connectivity index (χ4v) is 3.51. The fraction of sp³-hybridized carbons (Fsp3) is 0.867. The molecule has 0 aromatic rings. The zero-order chi connectivity index (χ0) is 14.4. The lowest BCUT2D eigenvalue weighted by molar-refractivity contribution is -0.140. The molecule has 1 atom stereocenters. The number of rotatable bonds is 7. The number of aliphatic carboxylic acids is 1. The van der Waals surface area contributed by atoms with Crippen molar-refractivity contribution < 1.29 is 19.4 Å². The second kappa shape index (κ2) is 7.07. The number of carboxylic acid groups (broad SMARTS) is 1. The number of ether oxygens (including phenoxy) is 1. The van der Waals surface area contributed by atoms with Gasteiger partial charge in [-0.15, -0.1) is 0 Å². The van der Waals surface area contributed by atoms with E-state index >= 15 is 0 Å². The number of hydrogen-bond donors (Lipinski definition) is 2. The maximum atomic E-state index is 12.0. The van der Waals surface area contributed by atoms with E-state index in [4.69, 9.17) is 9.84 Å². The second-order valence-electron chi connectivity index (χ2n) is 6.23. The van der Waals surface area contributed by atoms with Gasteiger partial charge >= 0.3 is 5.97 Å². The van der Waals surface area contributed by atoms with Crippen molar-refractivity contribution in [3.8, 4) is 0 Å². The summed E-state index contributed by atoms with van der Waals surface area (Å²) >= 11 is 0. The van der Waals surface area contributed by atoms with E-state index in [9.17, 15) is 9.59 Å². The highest BCUT2D eigenvalue weighted by Gasteiger charge is 2.37. The van der Waals surface area contributed by atoms with Crippen molar-refractivity contribution in [1.29, 1.82) is 0 Å². The van der Waals surface area contributed by atoms with Crippen LogP contribution in [0.2, 0.25) is 0 Å². The van der Waals surface area contributed by atoms with Gasteiger partial charge in [0.05, 0.1) is 12.5 Å². The lowest BCUT2D eigenvalue weighted by atomic mass is 9.79. The van der Waals surface area contributed by atoms with Gasteiger partial charge in [0, 0.05) is 19.6 Å². The summed E-state index contributed by atoms with van der Waals surface area (Å²) < 4.78 is 5.51. The second-order valence-corrected chi connectivity index (χ2v) is 6.23. The topological polar surface area (TPSA) is 75.6 Å². The average molecular weight is 283 g/mol. The molecule has 1 heterocycles. The normalized spacial score (nSPS) is 24.7. The number of hydrogen-bond acceptors (Lipinski definition) is 3. The Morgan fingerprint density at radius 2 is 1.95 bits per heavy atom. The molecule has 114 valence electrons. The first-order valence-corrected chi connectivity index (χ1v) is 7.70. The molecule has 2 rings (SSSR count). The van der Waals surface area contributed by atoms with Gasteiger partial charge in [-0.2, -0.15) is 0 Å². The molecule has 2 fully saturated rings. The molecule has 5 nitrogen and oxygen atoms in total. The predicted molar refractivity (Wildman–Crippen MR) is 74.4 cm³/mol. The first kappa shape index (κ1) is 15.3. The van der Waals surface area contributed by atoms with Crippen LogP contribution < -0.4 is 5.32 Å². The smallest absolute Gasteiger partial charge is 0.303 e. The summed E-state index contributed by atoms with van der Waals surface area (Å²) in [6.07, 6.45) is 7.60. The van der Waals surface area contributed by atoms with Crippen molar-refractivity contribution >= 4 is 11.9 Å². The summed E-state index contributed by atoms with van der Waals surface area (Å²) in [7, 11) is 0. The molecule has 1 unspecified atom stereocenters. The van der Waals surface area contributed by atoms with Crippen LogP contribution in [0.1, 0.15) is 57.8 Å². The minimum Gasteiger partial charge on any atom is -0.481 e. The van der Waals surface area contributed by atoms with Crippen LogP contribution in [0.4, 0.5) is 0 Å². The molecule has 0 spiro atoms. The van der Waals surface area contributed by atoms with Crippen LogP contribution in [0.25, 0.3) is 0 Å². The zero-order valence-electron chi connectivity index (χ0n) is 12.0. The maximum absolute atomic E-state index is 12.0. The van der Waals surface area contributed by atoms with E-state index in [1.54, 1.807) is 0 Å². The van der Waals surface area contributed by atoms with Crippen LogP contribution in [0.15, 0.2) is 0 Å². The summed E-state index contributed by atoms with van der Waals surface area (Å²) in [5.74, 6) is -0.801. The summed E-state index contributed by atoms with van der Waals surface area (Å²) in [4.78, 5) is 23.0. The Balaban J connectivity index is 1.72. The van der Waals surface area contributed by atoms with Crippen LogP contribution in [0.3, 0.4) is 0 Å².